The maximum atomic E-state index is 13.3. The van der Waals surface area contributed by atoms with Crippen LogP contribution in [0.2, 0.25) is 0 Å². The Labute approximate surface area is 116 Å². The van der Waals surface area contributed by atoms with Crippen LogP contribution in [0.4, 0.5) is 4.39 Å². The van der Waals surface area contributed by atoms with Crippen molar-refractivity contribution in [3.05, 3.63) is 29.6 Å². The Morgan fingerprint density at radius 2 is 2.00 bits per heavy atom. The summed E-state index contributed by atoms with van der Waals surface area (Å²) >= 11 is 0. The van der Waals surface area contributed by atoms with Crippen molar-refractivity contribution in [2.45, 2.75) is 52.5 Å². The number of hydrogen-bond donors (Lipinski definition) is 1. The van der Waals surface area contributed by atoms with E-state index in [1.54, 1.807) is 0 Å². The normalized spacial score (nSPS) is 12.4. The quantitative estimate of drug-likeness (QED) is 0.667. The predicted octanol–water partition coefficient (Wildman–Crippen LogP) is 4.46. The fraction of sp³-hybridized carbons (Fsp3) is 0.625. The van der Waals surface area contributed by atoms with Crippen molar-refractivity contribution in [2.24, 2.45) is 0 Å². The summed E-state index contributed by atoms with van der Waals surface area (Å²) < 4.78 is 19.1. The second kappa shape index (κ2) is 8.92. The third-order valence-corrected chi connectivity index (χ3v) is 3.15. The minimum Gasteiger partial charge on any atom is -0.493 e. The van der Waals surface area contributed by atoms with Crippen LogP contribution in [0.3, 0.4) is 0 Å². The fourth-order valence-electron chi connectivity index (χ4n) is 2.00. The van der Waals surface area contributed by atoms with Crippen molar-refractivity contribution in [2.75, 3.05) is 13.2 Å². The topological polar surface area (TPSA) is 21.3 Å². The summed E-state index contributed by atoms with van der Waals surface area (Å²) in [6.45, 7) is 7.98. The number of benzene rings is 1. The average Bonchev–Trinajstić information content (AvgIpc) is 2.41. The number of nitrogens with one attached hydrogen (secondary N) is 1. The first-order chi connectivity index (χ1) is 9.19. The van der Waals surface area contributed by atoms with E-state index >= 15 is 0 Å². The monoisotopic (exact) mass is 267 g/mol. The zero-order valence-electron chi connectivity index (χ0n) is 12.3. The minimum absolute atomic E-state index is 0.182. The highest BCUT2D eigenvalue weighted by atomic mass is 19.1. The van der Waals surface area contributed by atoms with Crippen LogP contribution in [-0.2, 0) is 0 Å². The summed E-state index contributed by atoms with van der Waals surface area (Å²) in [4.78, 5) is 0. The highest BCUT2D eigenvalue weighted by Crippen LogP contribution is 2.26. The summed E-state index contributed by atoms with van der Waals surface area (Å²) in [5.41, 5.74) is 1.03. The van der Waals surface area contributed by atoms with E-state index in [1.165, 1.54) is 12.1 Å². The number of halogens is 1. The Morgan fingerprint density at radius 1 is 1.21 bits per heavy atom. The van der Waals surface area contributed by atoms with Gasteiger partial charge in [-0.1, -0.05) is 32.8 Å². The van der Waals surface area contributed by atoms with Crippen LogP contribution >= 0.6 is 0 Å². The molecule has 0 radical (unpaired) electrons. The zero-order chi connectivity index (χ0) is 14.1. The zero-order valence-corrected chi connectivity index (χ0v) is 12.3. The third kappa shape index (κ3) is 5.60. The van der Waals surface area contributed by atoms with Crippen molar-refractivity contribution in [1.29, 1.82) is 0 Å². The molecule has 0 aliphatic carbocycles. The molecule has 1 aromatic rings. The first-order valence-corrected chi connectivity index (χ1v) is 7.34. The molecule has 3 heteroatoms. The smallest absolute Gasteiger partial charge is 0.126 e. The van der Waals surface area contributed by atoms with Gasteiger partial charge in [0.15, 0.2) is 0 Å². The van der Waals surface area contributed by atoms with Crippen LogP contribution < -0.4 is 10.1 Å². The van der Waals surface area contributed by atoms with Gasteiger partial charge in [-0.05, 0) is 32.4 Å². The van der Waals surface area contributed by atoms with Gasteiger partial charge in [0.25, 0.3) is 0 Å². The van der Waals surface area contributed by atoms with Gasteiger partial charge in [0.2, 0.25) is 0 Å². The molecule has 108 valence electrons. The average molecular weight is 267 g/mol. The first-order valence-electron chi connectivity index (χ1n) is 7.34. The predicted molar refractivity (Wildman–Crippen MR) is 78.1 cm³/mol. The van der Waals surface area contributed by atoms with Gasteiger partial charge in [-0.15, -0.1) is 0 Å². The Kier molecular flexibility index (Phi) is 7.49. The van der Waals surface area contributed by atoms with Gasteiger partial charge in [-0.3, -0.25) is 0 Å². The van der Waals surface area contributed by atoms with E-state index in [9.17, 15) is 4.39 Å². The molecular formula is C16H26FNO. The van der Waals surface area contributed by atoms with E-state index in [2.05, 4.69) is 26.1 Å². The number of hydrogen-bond acceptors (Lipinski definition) is 2. The maximum absolute atomic E-state index is 13.3. The van der Waals surface area contributed by atoms with E-state index in [-0.39, 0.29) is 11.9 Å². The molecule has 1 N–H and O–H groups in total. The van der Waals surface area contributed by atoms with Crippen LogP contribution in [0.5, 0.6) is 5.75 Å². The van der Waals surface area contributed by atoms with Gasteiger partial charge >= 0.3 is 0 Å². The molecule has 0 aromatic heterocycles. The lowest BCUT2D eigenvalue weighted by molar-refractivity contribution is 0.298. The number of rotatable bonds is 9. The highest BCUT2D eigenvalue weighted by molar-refractivity contribution is 5.36. The Bertz CT molecular complexity index is 368. The van der Waals surface area contributed by atoms with Crippen LogP contribution in [0.15, 0.2) is 18.2 Å². The van der Waals surface area contributed by atoms with Gasteiger partial charge in [-0.25, -0.2) is 4.39 Å². The van der Waals surface area contributed by atoms with E-state index in [1.807, 2.05) is 6.07 Å². The van der Waals surface area contributed by atoms with Crippen molar-refractivity contribution in [3.8, 4) is 5.75 Å². The molecule has 0 bridgehead atoms. The molecule has 19 heavy (non-hydrogen) atoms. The second-order valence-electron chi connectivity index (χ2n) is 4.91. The molecule has 1 aromatic carbocycles. The van der Waals surface area contributed by atoms with E-state index in [0.717, 1.165) is 37.8 Å². The number of unbranched alkanes of at least 4 members (excludes halogenated alkanes) is 2. The number of ether oxygens (including phenoxy) is 1. The second-order valence-corrected chi connectivity index (χ2v) is 4.91. The summed E-state index contributed by atoms with van der Waals surface area (Å²) in [7, 11) is 0. The summed E-state index contributed by atoms with van der Waals surface area (Å²) in [6, 6.07) is 4.99. The van der Waals surface area contributed by atoms with Crippen LogP contribution in [-0.4, -0.2) is 13.2 Å². The molecule has 0 fully saturated rings. The SMILES string of the molecule is CCCCCOc1cc(F)ccc1C(C)NCCC. The lowest BCUT2D eigenvalue weighted by Crippen LogP contribution is -2.20. The van der Waals surface area contributed by atoms with Crippen LogP contribution in [0, 0.1) is 5.82 Å². The molecular weight excluding hydrogens is 241 g/mol. The van der Waals surface area contributed by atoms with Crippen molar-refractivity contribution in [1.82, 2.24) is 5.32 Å². The van der Waals surface area contributed by atoms with Gasteiger partial charge < -0.3 is 10.1 Å². The molecule has 0 aliphatic rings. The largest absolute Gasteiger partial charge is 0.493 e. The van der Waals surface area contributed by atoms with Crippen LogP contribution in [0.25, 0.3) is 0 Å². The highest BCUT2D eigenvalue weighted by Gasteiger charge is 2.12. The van der Waals surface area contributed by atoms with Gasteiger partial charge in [0.1, 0.15) is 11.6 Å². The maximum Gasteiger partial charge on any atom is 0.126 e. The van der Waals surface area contributed by atoms with Crippen molar-refractivity contribution in [3.63, 3.8) is 0 Å². The van der Waals surface area contributed by atoms with E-state index < -0.39 is 0 Å². The Balaban J connectivity index is 2.67. The molecule has 0 spiro atoms. The lowest BCUT2D eigenvalue weighted by atomic mass is 10.1. The van der Waals surface area contributed by atoms with E-state index in [4.69, 9.17) is 4.74 Å². The standard InChI is InChI=1S/C16H26FNO/c1-4-6-7-11-19-16-12-14(17)8-9-15(16)13(3)18-10-5-2/h8-9,12-13,18H,4-7,10-11H2,1-3H3. The van der Waals surface area contributed by atoms with Gasteiger partial charge in [-0.2, -0.15) is 0 Å². The van der Waals surface area contributed by atoms with Gasteiger partial charge in [0.05, 0.1) is 6.61 Å². The third-order valence-electron chi connectivity index (χ3n) is 3.15. The summed E-state index contributed by atoms with van der Waals surface area (Å²) in [5.74, 6) is 0.434. The summed E-state index contributed by atoms with van der Waals surface area (Å²) in [6.07, 6.45) is 4.41. The molecule has 0 amide bonds. The molecule has 2 nitrogen and oxygen atoms in total. The van der Waals surface area contributed by atoms with E-state index in [0.29, 0.717) is 12.4 Å². The molecule has 1 rings (SSSR count). The molecule has 0 saturated heterocycles. The van der Waals surface area contributed by atoms with Crippen molar-refractivity contribution >= 4 is 0 Å². The molecule has 1 unspecified atom stereocenters. The van der Waals surface area contributed by atoms with Crippen molar-refractivity contribution < 1.29 is 9.13 Å². The molecule has 0 heterocycles. The Morgan fingerprint density at radius 3 is 2.68 bits per heavy atom. The summed E-state index contributed by atoms with van der Waals surface area (Å²) in [5, 5.41) is 3.41. The molecule has 1 atom stereocenters. The molecule has 0 aliphatic heterocycles. The Hall–Kier alpha value is -1.09. The van der Waals surface area contributed by atoms with Gasteiger partial charge in [0, 0.05) is 17.7 Å². The minimum atomic E-state index is -0.239. The fourth-order valence-corrected chi connectivity index (χ4v) is 2.00. The molecule has 0 saturated carbocycles. The first kappa shape index (κ1) is 16.0. The van der Waals surface area contributed by atoms with Crippen LogP contribution in [0.1, 0.15) is 58.1 Å². The lowest BCUT2D eigenvalue weighted by Gasteiger charge is -2.18.